The minimum atomic E-state index is -0.685. The fourth-order valence-electron chi connectivity index (χ4n) is 3.03. The van der Waals surface area contributed by atoms with Gasteiger partial charge in [0.15, 0.2) is 0 Å². The van der Waals surface area contributed by atoms with Gasteiger partial charge in [-0.3, -0.25) is 0 Å². The minimum absolute atomic E-state index is 0.354. The molecule has 0 heterocycles. The van der Waals surface area contributed by atoms with Crippen LogP contribution in [0.3, 0.4) is 0 Å². The first-order valence-corrected chi connectivity index (χ1v) is 6.07. The van der Waals surface area contributed by atoms with E-state index in [1.54, 1.807) is 0 Å². The van der Waals surface area contributed by atoms with E-state index in [2.05, 4.69) is 19.9 Å². The quantitative estimate of drug-likeness (QED) is 0.718. The summed E-state index contributed by atoms with van der Waals surface area (Å²) in [5, 5.41) is 19.9. The molecule has 2 aliphatic rings. The van der Waals surface area contributed by atoms with Crippen LogP contribution < -0.4 is 0 Å². The fraction of sp³-hybridized carbons (Fsp3) is 0.923. The zero-order chi connectivity index (χ0) is 11.2. The molecular formula is C13H21NO. The molecule has 0 bridgehead atoms. The second-order valence-electron chi connectivity index (χ2n) is 6.24. The molecule has 0 aromatic heterocycles. The van der Waals surface area contributed by atoms with Gasteiger partial charge in [0.25, 0.3) is 0 Å². The van der Waals surface area contributed by atoms with Crippen molar-refractivity contribution in [1.29, 1.82) is 5.26 Å². The van der Waals surface area contributed by atoms with Crippen molar-refractivity contribution in [3.05, 3.63) is 0 Å². The molecule has 2 nitrogen and oxygen atoms in total. The summed E-state index contributed by atoms with van der Waals surface area (Å²) in [6.07, 6.45) is 6.64. The predicted molar refractivity (Wildman–Crippen MR) is 59.1 cm³/mol. The highest BCUT2D eigenvalue weighted by Gasteiger charge is 2.56. The second kappa shape index (κ2) is 3.22. The van der Waals surface area contributed by atoms with Gasteiger partial charge in [0.1, 0.15) is 0 Å². The summed E-state index contributed by atoms with van der Waals surface area (Å²) < 4.78 is 0. The van der Waals surface area contributed by atoms with Crippen molar-refractivity contribution in [2.75, 3.05) is 0 Å². The van der Waals surface area contributed by atoms with Gasteiger partial charge in [-0.2, -0.15) is 5.26 Å². The lowest BCUT2D eigenvalue weighted by Gasteiger charge is -2.52. The van der Waals surface area contributed by atoms with E-state index < -0.39 is 11.0 Å². The zero-order valence-corrected chi connectivity index (χ0v) is 9.84. The Morgan fingerprint density at radius 2 is 1.53 bits per heavy atom. The average molecular weight is 207 g/mol. The maximum Gasteiger partial charge on any atom is 0.0860 e. The van der Waals surface area contributed by atoms with Gasteiger partial charge in [-0.1, -0.05) is 20.3 Å². The molecule has 0 unspecified atom stereocenters. The van der Waals surface area contributed by atoms with Crippen molar-refractivity contribution in [2.45, 2.75) is 64.4 Å². The van der Waals surface area contributed by atoms with Crippen molar-refractivity contribution >= 4 is 0 Å². The van der Waals surface area contributed by atoms with Gasteiger partial charge in [-0.05, 0) is 43.9 Å². The molecule has 2 aliphatic carbocycles. The van der Waals surface area contributed by atoms with Gasteiger partial charge in [-0.25, -0.2) is 0 Å². The van der Waals surface area contributed by atoms with Crippen molar-refractivity contribution < 1.29 is 5.11 Å². The van der Waals surface area contributed by atoms with Crippen molar-refractivity contribution in [2.24, 2.45) is 10.8 Å². The van der Waals surface area contributed by atoms with Gasteiger partial charge in [0, 0.05) is 0 Å². The average Bonchev–Trinajstić information content (AvgIpc) is 2.10. The third-order valence-electron chi connectivity index (χ3n) is 4.74. The highest BCUT2D eigenvalue weighted by Crippen LogP contribution is 2.56. The molecule has 0 radical (unpaired) electrons. The van der Waals surface area contributed by atoms with Gasteiger partial charge in [0.2, 0.25) is 0 Å². The van der Waals surface area contributed by atoms with Crippen LogP contribution in [0.1, 0.15) is 58.8 Å². The third kappa shape index (κ3) is 1.58. The van der Waals surface area contributed by atoms with E-state index in [1.165, 1.54) is 0 Å². The van der Waals surface area contributed by atoms with E-state index in [-0.39, 0.29) is 0 Å². The van der Waals surface area contributed by atoms with Crippen LogP contribution in [-0.4, -0.2) is 10.7 Å². The lowest BCUT2D eigenvalue weighted by Crippen LogP contribution is -2.54. The van der Waals surface area contributed by atoms with Crippen molar-refractivity contribution in [3.63, 3.8) is 0 Å². The van der Waals surface area contributed by atoms with Crippen molar-refractivity contribution in [3.8, 4) is 6.07 Å². The molecule has 15 heavy (non-hydrogen) atoms. The first-order valence-electron chi connectivity index (χ1n) is 6.07. The van der Waals surface area contributed by atoms with E-state index >= 15 is 0 Å². The molecule has 2 heteroatoms. The highest BCUT2D eigenvalue weighted by atomic mass is 16.3. The monoisotopic (exact) mass is 207 g/mol. The smallest absolute Gasteiger partial charge is 0.0860 e. The van der Waals surface area contributed by atoms with E-state index in [4.69, 9.17) is 0 Å². The second-order valence-corrected chi connectivity index (χ2v) is 6.24. The first-order chi connectivity index (χ1) is 6.93. The van der Waals surface area contributed by atoms with Crippen LogP contribution in [0, 0.1) is 22.2 Å². The highest BCUT2D eigenvalue weighted by molar-refractivity contribution is 5.16. The Bertz CT molecular complexity index is 286. The predicted octanol–water partition coefficient (Wildman–Crippen LogP) is 3.01. The molecule has 2 fully saturated rings. The molecule has 0 aromatic carbocycles. The summed E-state index contributed by atoms with van der Waals surface area (Å²) in [5.41, 5.74) is -0.731. The number of rotatable bonds is 1. The van der Waals surface area contributed by atoms with Crippen LogP contribution in [0.15, 0.2) is 0 Å². The SMILES string of the molecule is CC1(C)CCC(O)(C2(C#N)CCC2)CC1. The molecule has 0 saturated heterocycles. The van der Waals surface area contributed by atoms with E-state index in [9.17, 15) is 10.4 Å². The lowest BCUT2D eigenvalue weighted by atomic mass is 9.53. The summed E-state index contributed by atoms with van der Waals surface area (Å²) >= 11 is 0. The van der Waals surface area contributed by atoms with Crippen LogP contribution in [-0.2, 0) is 0 Å². The molecule has 2 saturated carbocycles. The molecule has 0 spiro atoms. The van der Waals surface area contributed by atoms with Crippen LogP contribution in [0.2, 0.25) is 0 Å². The lowest BCUT2D eigenvalue weighted by molar-refractivity contribution is -0.131. The summed E-state index contributed by atoms with van der Waals surface area (Å²) in [5.74, 6) is 0. The maximum absolute atomic E-state index is 10.7. The molecule has 0 amide bonds. The molecular weight excluding hydrogens is 186 g/mol. The number of aliphatic hydroxyl groups is 1. The van der Waals surface area contributed by atoms with Gasteiger partial charge in [-0.15, -0.1) is 0 Å². The van der Waals surface area contributed by atoms with Gasteiger partial charge < -0.3 is 5.11 Å². The van der Waals surface area contributed by atoms with Gasteiger partial charge >= 0.3 is 0 Å². The molecule has 0 aliphatic heterocycles. The molecule has 1 N–H and O–H groups in total. The Morgan fingerprint density at radius 3 is 1.87 bits per heavy atom. The van der Waals surface area contributed by atoms with Crippen LogP contribution in [0.5, 0.6) is 0 Å². The number of nitriles is 1. The normalized spacial score (nSPS) is 31.3. The zero-order valence-electron chi connectivity index (χ0n) is 9.84. The maximum atomic E-state index is 10.7. The Kier molecular flexibility index (Phi) is 2.35. The first kappa shape index (κ1) is 11.0. The summed E-state index contributed by atoms with van der Waals surface area (Å²) in [6, 6.07) is 2.40. The Hall–Kier alpha value is -0.550. The van der Waals surface area contributed by atoms with E-state index in [0.717, 1.165) is 44.9 Å². The van der Waals surface area contributed by atoms with E-state index in [0.29, 0.717) is 5.41 Å². The molecule has 2 rings (SSSR count). The topological polar surface area (TPSA) is 44.0 Å². The molecule has 84 valence electrons. The fourth-order valence-corrected chi connectivity index (χ4v) is 3.03. The molecule has 0 aromatic rings. The Labute approximate surface area is 92.3 Å². The number of hydrogen-bond donors (Lipinski definition) is 1. The van der Waals surface area contributed by atoms with E-state index in [1.807, 2.05) is 0 Å². The van der Waals surface area contributed by atoms with Crippen molar-refractivity contribution in [1.82, 2.24) is 0 Å². The minimum Gasteiger partial charge on any atom is -0.388 e. The number of hydrogen-bond acceptors (Lipinski definition) is 2. The molecule has 0 atom stereocenters. The van der Waals surface area contributed by atoms with Gasteiger partial charge in [0.05, 0.1) is 17.1 Å². The summed E-state index contributed by atoms with van der Waals surface area (Å²) in [7, 11) is 0. The van der Waals surface area contributed by atoms with Crippen LogP contribution in [0.4, 0.5) is 0 Å². The summed E-state index contributed by atoms with van der Waals surface area (Å²) in [4.78, 5) is 0. The Balaban J connectivity index is 2.13. The standard InChI is InChI=1S/C13H21NO/c1-11(2)6-8-13(15,9-7-11)12(10-14)4-3-5-12/h15H,3-9H2,1-2H3. The van der Waals surface area contributed by atoms with Crippen LogP contribution in [0.25, 0.3) is 0 Å². The summed E-state index contributed by atoms with van der Waals surface area (Å²) in [6.45, 7) is 4.51. The van der Waals surface area contributed by atoms with Crippen LogP contribution >= 0.6 is 0 Å². The number of nitrogens with zero attached hydrogens (tertiary/aromatic N) is 1. The largest absolute Gasteiger partial charge is 0.388 e. The Morgan fingerprint density at radius 1 is 1.00 bits per heavy atom. The third-order valence-corrected chi connectivity index (χ3v) is 4.74.